The Morgan fingerprint density at radius 3 is 2.91 bits per heavy atom. The molecule has 1 N–H and O–H groups in total. The van der Waals surface area contributed by atoms with E-state index in [2.05, 4.69) is 19.2 Å². The molecule has 6 heteroatoms. The highest BCUT2D eigenvalue weighted by Gasteiger charge is 2.26. The summed E-state index contributed by atoms with van der Waals surface area (Å²) in [7, 11) is 0. The van der Waals surface area contributed by atoms with Gasteiger partial charge in [0.25, 0.3) is 11.8 Å². The summed E-state index contributed by atoms with van der Waals surface area (Å²) in [6, 6.07) is 8.98. The molecule has 0 saturated carbocycles. The Balaban J connectivity index is 1.86. The van der Waals surface area contributed by atoms with Gasteiger partial charge in [-0.15, -0.1) is 11.3 Å². The smallest absolute Gasteiger partial charge is 0.265 e. The summed E-state index contributed by atoms with van der Waals surface area (Å²) in [5, 5.41) is 4.72. The normalized spacial score (nSPS) is 13.7. The highest BCUT2D eigenvalue weighted by atomic mass is 32.1. The van der Waals surface area contributed by atoms with E-state index in [0.29, 0.717) is 34.5 Å². The van der Waals surface area contributed by atoms with Crippen molar-refractivity contribution in [3.05, 3.63) is 40.6 Å². The lowest BCUT2D eigenvalue weighted by atomic mass is 10.1. The number of hydrogen-bond acceptors (Lipinski definition) is 4. The van der Waals surface area contributed by atoms with Crippen molar-refractivity contribution in [2.24, 2.45) is 5.92 Å². The van der Waals surface area contributed by atoms with Gasteiger partial charge in [-0.1, -0.05) is 19.9 Å². The number of thiophene rings is 1. The van der Waals surface area contributed by atoms with E-state index in [-0.39, 0.29) is 18.4 Å². The van der Waals surface area contributed by atoms with E-state index in [1.807, 2.05) is 11.4 Å². The second-order valence-corrected chi connectivity index (χ2v) is 6.75. The molecule has 5 nitrogen and oxygen atoms in total. The predicted molar refractivity (Wildman–Crippen MR) is 91.4 cm³/mol. The van der Waals surface area contributed by atoms with Crippen LogP contribution in [0.15, 0.2) is 35.7 Å². The van der Waals surface area contributed by atoms with Crippen LogP contribution in [0.25, 0.3) is 0 Å². The topological polar surface area (TPSA) is 58.6 Å². The van der Waals surface area contributed by atoms with Gasteiger partial charge in [0.15, 0.2) is 6.61 Å². The van der Waals surface area contributed by atoms with E-state index in [4.69, 9.17) is 4.74 Å². The number of fused-ring (bicyclic) bond motifs is 1. The van der Waals surface area contributed by atoms with E-state index >= 15 is 0 Å². The van der Waals surface area contributed by atoms with Crippen molar-refractivity contribution in [2.75, 3.05) is 23.4 Å². The van der Waals surface area contributed by atoms with Crippen LogP contribution in [-0.4, -0.2) is 25.0 Å². The van der Waals surface area contributed by atoms with Gasteiger partial charge >= 0.3 is 0 Å². The van der Waals surface area contributed by atoms with Gasteiger partial charge in [-0.25, -0.2) is 0 Å². The molecule has 2 amide bonds. The molecule has 1 aliphatic rings. The number of ether oxygens (including phenoxy) is 1. The van der Waals surface area contributed by atoms with Crippen LogP contribution in [0, 0.1) is 5.92 Å². The van der Waals surface area contributed by atoms with E-state index < -0.39 is 0 Å². The number of hydrogen-bond donors (Lipinski definition) is 1. The zero-order valence-corrected chi connectivity index (χ0v) is 13.9. The van der Waals surface area contributed by atoms with Crippen molar-refractivity contribution < 1.29 is 14.3 Å². The summed E-state index contributed by atoms with van der Waals surface area (Å²) in [5.74, 6) is 0.792. The fraction of sp³-hybridized carbons (Fsp3) is 0.294. The quantitative estimate of drug-likeness (QED) is 0.935. The lowest BCUT2D eigenvalue weighted by Gasteiger charge is -2.31. The number of nitrogens with zero attached hydrogens (tertiary/aromatic N) is 1. The lowest BCUT2D eigenvalue weighted by molar-refractivity contribution is -0.121. The van der Waals surface area contributed by atoms with Crippen molar-refractivity contribution >= 4 is 34.5 Å². The number of benzene rings is 1. The van der Waals surface area contributed by atoms with Gasteiger partial charge in [0, 0.05) is 12.2 Å². The van der Waals surface area contributed by atoms with Gasteiger partial charge < -0.3 is 15.0 Å². The largest absolute Gasteiger partial charge is 0.482 e. The van der Waals surface area contributed by atoms with Crippen LogP contribution in [-0.2, 0) is 4.79 Å². The highest BCUT2D eigenvalue weighted by Crippen LogP contribution is 2.35. The second-order valence-electron chi connectivity index (χ2n) is 5.80. The van der Waals surface area contributed by atoms with E-state index in [1.54, 1.807) is 29.2 Å². The first-order chi connectivity index (χ1) is 11.0. The molecule has 1 aliphatic heterocycles. The summed E-state index contributed by atoms with van der Waals surface area (Å²) in [6.07, 6.45) is 0. The summed E-state index contributed by atoms with van der Waals surface area (Å²) in [5.41, 5.74) is 1.35. The van der Waals surface area contributed by atoms with Gasteiger partial charge in [-0.2, -0.15) is 0 Å². The lowest BCUT2D eigenvalue weighted by Crippen LogP contribution is -2.41. The second kappa shape index (κ2) is 6.42. The summed E-state index contributed by atoms with van der Waals surface area (Å²) in [4.78, 5) is 26.7. The third-order valence-electron chi connectivity index (χ3n) is 3.45. The van der Waals surface area contributed by atoms with Gasteiger partial charge in [0.2, 0.25) is 0 Å². The first kappa shape index (κ1) is 15.6. The minimum atomic E-state index is -0.154. The van der Waals surface area contributed by atoms with Gasteiger partial charge in [0.05, 0.1) is 10.6 Å². The zero-order chi connectivity index (χ0) is 16.4. The number of amides is 2. The Hall–Kier alpha value is -2.34. The van der Waals surface area contributed by atoms with Crippen LogP contribution in [0.3, 0.4) is 0 Å². The fourth-order valence-electron chi connectivity index (χ4n) is 2.45. The summed E-state index contributed by atoms with van der Waals surface area (Å²) < 4.78 is 5.48. The van der Waals surface area contributed by atoms with Crippen LogP contribution in [0.5, 0.6) is 5.75 Å². The molecule has 2 heterocycles. The molecule has 0 atom stereocenters. The molecule has 1 aromatic carbocycles. The Labute approximate surface area is 138 Å². The molecular formula is C17H18N2O3S. The minimum absolute atomic E-state index is 0.0562. The van der Waals surface area contributed by atoms with Crippen molar-refractivity contribution in [1.82, 2.24) is 0 Å². The monoisotopic (exact) mass is 330 g/mol. The van der Waals surface area contributed by atoms with E-state index in [1.165, 1.54) is 11.3 Å². The Bertz CT molecular complexity index is 725. The minimum Gasteiger partial charge on any atom is -0.482 e. The highest BCUT2D eigenvalue weighted by molar-refractivity contribution is 7.12. The molecule has 3 rings (SSSR count). The third kappa shape index (κ3) is 3.37. The first-order valence-electron chi connectivity index (χ1n) is 7.46. The molecule has 0 unspecified atom stereocenters. The van der Waals surface area contributed by atoms with E-state index in [0.717, 1.165) is 0 Å². The maximum Gasteiger partial charge on any atom is 0.265 e. The standard InChI is InChI=1S/C17H18N2O3S/c1-11(2)9-19-13-8-12(5-6-14(13)22-10-16(19)20)18-17(21)15-4-3-7-23-15/h3-8,11H,9-10H2,1-2H3,(H,18,21). The van der Waals surface area contributed by atoms with Crippen molar-refractivity contribution in [2.45, 2.75) is 13.8 Å². The van der Waals surface area contributed by atoms with Crippen molar-refractivity contribution in [1.29, 1.82) is 0 Å². The molecule has 23 heavy (non-hydrogen) atoms. The van der Waals surface area contributed by atoms with Gasteiger partial charge in [-0.05, 0) is 35.6 Å². The molecule has 0 saturated heterocycles. The maximum atomic E-state index is 12.2. The number of anilines is 2. The fourth-order valence-corrected chi connectivity index (χ4v) is 3.06. The van der Waals surface area contributed by atoms with Crippen molar-refractivity contribution in [3.63, 3.8) is 0 Å². The first-order valence-corrected chi connectivity index (χ1v) is 8.34. The summed E-state index contributed by atoms with van der Waals surface area (Å²) >= 11 is 1.39. The van der Waals surface area contributed by atoms with Crippen LogP contribution in [0.4, 0.5) is 11.4 Å². The molecule has 0 aliphatic carbocycles. The SMILES string of the molecule is CC(C)CN1C(=O)COc2ccc(NC(=O)c3cccs3)cc21. The Kier molecular flexibility index (Phi) is 4.34. The van der Waals surface area contributed by atoms with Crippen LogP contribution < -0.4 is 15.0 Å². The number of nitrogens with one attached hydrogen (secondary N) is 1. The maximum absolute atomic E-state index is 12.2. The molecule has 1 aromatic heterocycles. The molecule has 120 valence electrons. The van der Waals surface area contributed by atoms with Gasteiger partial charge in [0.1, 0.15) is 5.75 Å². The average Bonchev–Trinajstić information content (AvgIpc) is 3.04. The van der Waals surface area contributed by atoms with Crippen LogP contribution in [0.1, 0.15) is 23.5 Å². The van der Waals surface area contributed by atoms with Crippen molar-refractivity contribution in [3.8, 4) is 5.75 Å². The van der Waals surface area contributed by atoms with Gasteiger partial charge in [-0.3, -0.25) is 9.59 Å². The molecule has 2 aromatic rings. The number of carbonyl (C=O) groups excluding carboxylic acids is 2. The molecule has 0 bridgehead atoms. The number of rotatable bonds is 4. The average molecular weight is 330 g/mol. The predicted octanol–water partition coefficient (Wildman–Crippen LogP) is 3.38. The molecule has 0 spiro atoms. The summed E-state index contributed by atoms with van der Waals surface area (Å²) in [6.45, 7) is 4.80. The third-order valence-corrected chi connectivity index (χ3v) is 4.32. The Morgan fingerprint density at radius 1 is 1.39 bits per heavy atom. The van der Waals surface area contributed by atoms with Crippen LogP contribution in [0.2, 0.25) is 0 Å². The number of carbonyl (C=O) groups is 2. The Morgan fingerprint density at radius 2 is 2.22 bits per heavy atom. The molecule has 0 fully saturated rings. The zero-order valence-electron chi connectivity index (χ0n) is 13.0. The molecular weight excluding hydrogens is 312 g/mol. The van der Waals surface area contributed by atoms with Crippen LogP contribution >= 0.6 is 11.3 Å². The molecule has 0 radical (unpaired) electrons. The van der Waals surface area contributed by atoms with E-state index in [9.17, 15) is 9.59 Å².